The molecule has 1 N–H and O–H groups in total. The standard InChI is InChI=1S/C13H19NO2/c1-4-15-11-7-5-10(6-8-11)12-9-14-13(2,3)16-12/h5-8,12,14H,4,9H2,1-3H3. The van der Waals surface area contributed by atoms with Crippen LogP contribution in [0.1, 0.15) is 32.4 Å². The minimum atomic E-state index is -0.219. The van der Waals surface area contributed by atoms with E-state index in [0.717, 1.165) is 12.3 Å². The molecule has 0 bridgehead atoms. The van der Waals surface area contributed by atoms with E-state index in [9.17, 15) is 0 Å². The number of nitrogens with one attached hydrogen (secondary N) is 1. The third-order valence-electron chi connectivity index (χ3n) is 2.71. The Morgan fingerprint density at radius 1 is 1.38 bits per heavy atom. The number of hydrogen-bond donors (Lipinski definition) is 1. The van der Waals surface area contributed by atoms with Crippen LogP contribution in [0.25, 0.3) is 0 Å². The van der Waals surface area contributed by atoms with E-state index in [-0.39, 0.29) is 11.8 Å². The predicted molar refractivity (Wildman–Crippen MR) is 63.5 cm³/mol. The Hall–Kier alpha value is -1.06. The van der Waals surface area contributed by atoms with E-state index in [2.05, 4.69) is 17.4 Å². The Kier molecular flexibility index (Phi) is 3.17. The monoisotopic (exact) mass is 221 g/mol. The number of rotatable bonds is 3. The normalized spacial score (nSPS) is 23.3. The van der Waals surface area contributed by atoms with Gasteiger partial charge in [0.05, 0.1) is 12.7 Å². The average Bonchev–Trinajstić information content (AvgIpc) is 2.61. The fraction of sp³-hybridized carbons (Fsp3) is 0.538. The molecule has 1 atom stereocenters. The summed E-state index contributed by atoms with van der Waals surface area (Å²) in [4.78, 5) is 0. The van der Waals surface area contributed by atoms with Crippen molar-refractivity contribution in [2.75, 3.05) is 13.2 Å². The first-order valence-corrected chi connectivity index (χ1v) is 5.76. The van der Waals surface area contributed by atoms with Crippen LogP contribution in [0.4, 0.5) is 0 Å². The molecule has 0 saturated carbocycles. The second-order valence-electron chi connectivity index (χ2n) is 4.50. The molecule has 2 rings (SSSR count). The molecule has 0 amide bonds. The lowest BCUT2D eigenvalue weighted by molar-refractivity contribution is -0.0241. The summed E-state index contributed by atoms with van der Waals surface area (Å²) in [7, 11) is 0. The summed E-state index contributed by atoms with van der Waals surface area (Å²) in [6.07, 6.45) is 0.144. The van der Waals surface area contributed by atoms with Crippen LogP contribution >= 0.6 is 0 Å². The minimum absolute atomic E-state index is 0.144. The van der Waals surface area contributed by atoms with Crippen LogP contribution in [0.15, 0.2) is 24.3 Å². The third-order valence-corrected chi connectivity index (χ3v) is 2.71. The largest absolute Gasteiger partial charge is 0.494 e. The van der Waals surface area contributed by atoms with Gasteiger partial charge in [-0.05, 0) is 38.5 Å². The van der Waals surface area contributed by atoms with Gasteiger partial charge in [-0.1, -0.05) is 12.1 Å². The van der Waals surface area contributed by atoms with Crippen molar-refractivity contribution in [3.63, 3.8) is 0 Å². The van der Waals surface area contributed by atoms with Crippen molar-refractivity contribution < 1.29 is 9.47 Å². The van der Waals surface area contributed by atoms with Crippen molar-refractivity contribution in [2.45, 2.75) is 32.6 Å². The maximum Gasteiger partial charge on any atom is 0.119 e. The Morgan fingerprint density at radius 2 is 2.06 bits per heavy atom. The van der Waals surface area contributed by atoms with Crippen molar-refractivity contribution >= 4 is 0 Å². The number of hydrogen-bond acceptors (Lipinski definition) is 3. The summed E-state index contributed by atoms with van der Waals surface area (Å²) >= 11 is 0. The first-order chi connectivity index (χ1) is 7.61. The molecule has 0 radical (unpaired) electrons. The van der Waals surface area contributed by atoms with Gasteiger partial charge in [-0.15, -0.1) is 0 Å². The van der Waals surface area contributed by atoms with Gasteiger partial charge in [0.2, 0.25) is 0 Å². The Bertz CT molecular complexity index is 345. The molecule has 88 valence electrons. The Morgan fingerprint density at radius 3 is 2.56 bits per heavy atom. The van der Waals surface area contributed by atoms with E-state index in [1.54, 1.807) is 0 Å². The summed E-state index contributed by atoms with van der Waals surface area (Å²) in [5.41, 5.74) is 0.977. The van der Waals surface area contributed by atoms with E-state index in [4.69, 9.17) is 9.47 Å². The first kappa shape index (κ1) is 11.4. The molecule has 1 fully saturated rings. The lowest BCUT2D eigenvalue weighted by Gasteiger charge is -2.18. The highest BCUT2D eigenvalue weighted by molar-refractivity contribution is 5.29. The van der Waals surface area contributed by atoms with Crippen LogP contribution in [-0.4, -0.2) is 18.9 Å². The van der Waals surface area contributed by atoms with Gasteiger partial charge in [0.1, 0.15) is 11.5 Å². The van der Waals surface area contributed by atoms with E-state index in [1.165, 1.54) is 5.56 Å². The van der Waals surface area contributed by atoms with Crippen molar-refractivity contribution in [1.29, 1.82) is 0 Å². The zero-order chi connectivity index (χ0) is 11.6. The SMILES string of the molecule is CCOc1ccc(C2CNC(C)(C)O2)cc1. The summed E-state index contributed by atoms with van der Waals surface area (Å²) < 4.78 is 11.3. The second kappa shape index (κ2) is 4.44. The summed E-state index contributed by atoms with van der Waals surface area (Å²) in [5, 5.41) is 3.33. The Labute approximate surface area is 96.8 Å². The smallest absolute Gasteiger partial charge is 0.119 e. The van der Waals surface area contributed by atoms with Gasteiger partial charge in [0.15, 0.2) is 0 Å². The van der Waals surface area contributed by atoms with Gasteiger partial charge >= 0.3 is 0 Å². The molecule has 1 unspecified atom stereocenters. The molecule has 16 heavy (non-hydrogen) atoms. The molecule has 0 aromatic heterocycles. The predicted octanol–water partition coefficient (Wildman–Crippen LogP) is 2.48. The van der Waals surface area contributed by atoms with Gasteiger partial charge in [-0.2, -0.15) is 0 Å². The lowest BCUT2D eigenvalue weighted by atomic mass is 10.1. The van der Waals surface area contributed by atoms with Crippen molar-refractivity contribution in [3.05, 3.63) is 29.8 Å². The molecule has 1 heterocycles. The van der Waals surface area contributed by atoms with Gasteiger partial charge in [-0.3, -0.25) is 5.32 Å². The zero-order valence-electron chi connectivity index (χ0n) is 10.1. The molecule has 0 aliphatic carbocycles. The fourth-order valence-corrected chi connectivity index (χ4v) is 1.91. The fourth-order valence-electron chi connectivity index (χ4n) is 1.91. The van der Waals surface area contributed by atoms with Gasteiger partial charge in [0, 0.05) is 6.54 Å². The maximum absolute atomic E-state index is 5.88. The van der Waals surface area contributed by atoms with E-state index in [0.29, 0.717) is 6.61 Å². The molecule has 1 saturated heterocycles. The molecule has 0 spiro atoms. The van der Waals surface area contributed by atoms with Crippen LogP contribution < -0.4 is 10.1 Å². The van der Waals surface area contributed by atoms with E-state index in [1.807, 2.05) is 32.9 Å². The molecule has 3 heteroatoms. The molecular formula is C13H19NO2. The number of ether oxygens (including phenoxy) is 2. The van der Waals surface area contributed by atoms with Crippen molar-refractivity contribution in [3.8, 4) is 5.75 Å². The number of benzene rings is 1. The van der Waals surface area contributed by atoms with Gasteiger partial charge in [0.25, 0.3) is 0 Å². The highest BCUT2D eigenvalue weighted by Crippen LogP contribution is 2.29. The van der Waals surface area contributed by atoms with Crippen LogP contribution in [-0.2, 0) is 4.74 Å². The van der Waals surface area contributed by atoms with Crippen LogP contribution in [0.3, 0.4) is 0 Å². The molecule has 1 aromatic carbocycles. The first-order valence-electron chi connectivity index (χ1n) is 5.76. The summed E-state index contributed by atoms with van der Waals surface area (Å²) in [6, 6.07) is 8.12. The summed E-state index contributed by atoms with van der Waals surface area (Å²) in [6.45, 7) is 7.64. The average molecular weight is 221 g/mol. The lowest BCUT2D eigenvalue weighted by Crippen LogP contribution is -2.33. The van der Waals surface area contributed by atoms with Crippen molar-refractivity contribution in [2.24, 2.45) is 0 Å². The summed E-state index contributed by atoms with van der Waals surface area (Å²) in [5.74, 6) is 0.913. The van der Waals surface area contributed by atoms with Crippen LogP contribution in [0.2, 0.25) is 0 Å². The quantitative estimate of drug-likeness (QED) is 0.850. The highest BCUT2D eigenvalue weighted by atomic mass is 16.5. The second-order valence-corrected chi connectivity index (χ2v) is 4.50. The van der Waals surface area contributed by atoms with Crippen LogP contribution in [0.5, 0.6) is 5.75 Å². The molecule has 3 nitrogen and oxygen atoms in total. The highest BCUT2D eigenvalue weighted by Gasteiger charge is 2.31. The Balaban J connectivity index is 2.05. The zero-order valence-corrected chi connectivity index (χ0v) is 10.1. The van der Waals surface area contributed by atoms with Gasteiger partial charge in [-0.25, -0.2) is 0 Å². The molecule has 1 aliphatic rings. The van der Waals surface area contributed by atoms with Gasteiger partial charge < -0.3 is 9.47 Å². The van der Waals surface area contributed by atoms with E-state index < -0.39 is 0 Å². The van der Waals surface area contributed by atoms with Crippen molar-refractivity contribution in [1.82, 2.24) is 5.32 Å². The van der Waals surface area contributed by atoms with Crippen LogP contribution in [0, 0.1) is 0 Å². The maximum atomic E-state index is 5.88. The topological polar surface area (TPSA) is 30.5 Å². The van der Waals surface area contributed by atoms with E-state index >= 15 is 0 Å². The molecular weight excluding hydrogens is 202 g/mol. The molecule has 1 aromatic rings. The molecule has 1 aliphatic heterocycles. The minimum Gasteiger partial charge on any atom is -0.494 e. The third kappa shape index (κ3) is 2.54.